The molecule has 28 heavy (non-hydrogen) atoms. The van der Waals surface area contributed by atoms with Crippen molar-refractivity contribution in [3.8, 4) is 11.5 Å². The van der Waals surface area contributed by atoms with Gasteiger partial charge in [0, 0.05) is 36.1 Å². The normalized spacial score (nSPS) is 23.7. The summed E-state index contributed by atoms with van der Waals surface area (Å²) in [6.07, 6.45) is 1.16. The van der Waals surface area contributed by atoms with E-state index < -0.39 is 0 Å². The smallest absolute Gasteiger partial charge is 0.228 e. The molecule has 6 nitrogen and oxygen atoms in total. The number of benzene rings is 1. The SMILES string of the molecule is C[C@@H]1c2ccsc2CCN1C(=O)[C@@H]1CC(=O)N(c2ccc3c(c2)OCCO3)C1. The average molecular weight is 398 g/mol. The molecule has 2 aromatic rings. The lowest BCUT2D eigenvalue weighted by atomic mass is 9.98. The molecule has 0 unspecified atom stereocenters. The van der Waals surface area contributed by atoms with Crippen LogP contribution in [-0.2, 0) is 16.0 Å². The van der Waals surface area contributed by atoms with Crippen LogP contribution in [0.3, 0.4) is 0 Å². The van der Waals surface area contributed by atoms with Crippen LogP contribution in [0, 0.1) is 5.92 Å². The van der Waals surface area contributed by atoms with Crippen molar-refractivity contribution in [3.63, 3.8) is 0 Å². The molecule has 2 atom stereocenters. The van der Waals surface area contributed by atoms with E-state index in [9.17, 15) is 9.59 Å². The number of anilines is 1. The van der Waals surface area contributed by atoms with Crippen LogP contribution in [0.25, 0.3) is 0 Å². The van der Waals surface area contributed by atoms with Crippen molar-refractivity contribution in [2.45, 2.75) is 25.8 Å². The predicted molar refractivity (Wildman–Crippen MR) is 106 cm³/mol. The Morgan fingerprint density at radius 3 is 2.86 bits per heavy atom. The lowest BCUT2D eigenvalue weighted by Crippen LogP contribution is -2.42. The van der Waals surface area contributed by atoms with E-state index >= 15 is 0 Å². The number of carbonyl (C=O) groups excluding carboxylic acids is 2. The Morgan fingerprint density at radius 1 is 1.18 bits per heavy atom. The van der Waals surface area contributed by atoms with Crippen LogP contribution >= 0.6 is 11.3 Å². The highest BCUT2D eigenvalue weighted by atomic mass is 32.1. The molecular formula is C21H22N2O4S. The van der Waals surface area contributed by atoms with Gasteiger partial charge in [0.2, 0.25) is 11.8 Å². The van der Waals surface area contributed by atoms with Crippen LogP contribution in [0.4, 0.5) is 5.69 Å². The fraction of sp³-hybridized carbons (Fsp3) is 0.429. The summed E-state index contributed by atoms with van der Waals surface area (Å²) in [5.74, 6) is 1.11. The molecule has 0 saturated carbocycles. The minimum Gasteiger partial charge on any atom is -0.486 e. The molecule has 4 heterocycles. The van der Waals surface area contributed by atoms with Gasteiger partial charge >= 0.3 is 0 Å². The Hall–Kier alpha value is -2.54. The third-order valence-electron chi connectivity index (χ3n) is 5.87. The third-order valence-corrected chi connectivity index (χ3v) is 6.87. The molecule has 7 heteroatoms. The molecule has 146 valence electrons. The summed E-state index contributed by atoms with van der Waals surface area (Å²) >= 11 is 1.76. The minimum atomic E-state index is -0.302. The van der Waals surface area contributed by atoms with Crippen molar-refractivity contribution in [2.24, 2.45) is 5.92 Å². The summed E-state index contributed by atoms with van der Waals surface area (Å²) in [6, 6.07) is 7.71. The Balaban J connectivity index is 1.33. The zero-order valence-corrected chi connectivity index (χ0v) is 16.5. The van der Waals surface area contributed by atoms with Crippen molar-refractivity contribution < 1.29 is 19.1 Å². The molecule has 5 rings (SSSR count). The maximum absolute atomic E-state index is 13.2. The van der Waals surface area contributed by atoms with Gasteiger partial charge in [-0.2, -0.15) is 0 Å². The molecule has 0 N–H and O–H groups in total. The molecule has 1 aromatic heterocycles. The molecule has 0 radical (unpaired) electrons. The largest absolute Gasteiger partial charge is 0.486 e. The van der Waals surface area contributed by atoms with E-state index in [2.05, 4.69) is 18.4 Å². The van der Waals surface area contributed by atoms with E-state index in [4.69, 9.17) is 9.47 Å². The van der Waals surface area contributed by atoms with E-state index in [1.165, 1.54) is 10.4 Å². The molecule has 0 bridgehead atoms. The minimum absolute atomic E-state index is 0.0177. The number of carbonyl (C=O) groups is 2. The van der Waals surface area contributed by atoms with E-state index in [1.54, 1.807) is 16.2 Å². The fourth-order valence-electron chi connectivity index (χ4n) is 4.37. The molecule has 2 amide bonds. The van der Waals surface area contributed by atoms with Crippen LogP contribution in [0.15, 0.2) is 29.6 Å². The molecule has 1 aromatic carbocycles. The second-order valence-electron chi connectivity index (χ2n) is 7.49. The molecule has 1 fully saturated rings. The number of hydrogen-bond donors (Lipinski definition) is 0. The second-order valence-corrected chi connectivity index (χ2v) is 8.49. The van der Waals surface area contributed by atoms with E-state index in [0.29, 0.717) is 31.3 Å². The molecule has 3 aliphatic rings. The van der Waals surface area contributed by atoms with Crippen molar-refractivity contribution in [1.29, 1.82) is 0 Å². The first-order valence-electron chi connectivity index (χ1n) is 9.68. The maximum atomic E-state index is 13.2. The van der Waals surface area contributed by atoms with Crippen LogP contribution < -0.4 is 14.4 Å². The summed E-state index contributed by atoms with van der Waals surface area (Å²) in [6.45, 7) is 4.26. The van der Waals surface area contributed by atoms with Gasteiger partial charge in [-0.05, 0) is 42.5 Å². The Labute approximate surface area is 167 Å². The summed E-state index contributed by atoms with van der Waals surface area (Å²) in [5.41, 5.74) is 2.01. The van der Waals surface area contributed by atoms with Crippen LogP contribution in [0.2, 0.25) is 0 Å². The van der Waals surface area contributed by atoms with Gasteiger partial charge in [-0.1, -0.05) is 0 Å². The maximum Gasteiger partial charge on any atom is 0.228 e. The van der Waals surface area contributed by atoms with Gasteiger partial charge in [0.15, 0.2) is 11.5 Å². The van der Waals surface area contributed by atoms with Crippen molar-refractivity contribution in [1.82, 2.24) is 4.90 Å². The summed E-state index contributed by atoms with van der Waals surface area (Å²) in [7, 11) is 0. The molecule has 1 saturated heterocycles. The lowest BCUT2D eigenvalue weighted by molar-refractivity contribution is -0.138. The molecule has 0 spiro atoms. The number of hydrogen-bond acceptors (Lipinski definition) is 5. The van der Waals surface area contributed by atoms with Crippen LogP contribution in [0.1, 0.15) is 29.8 Å². The highest BCUT2D eigenvalue weighted by Crippen LogP contribution is 2.38. The van der Waals surface area contributed by atoms with Gasteiger partial charge in [-0.15, -0.1) is 11.3 Å². The topological polar surface area (TPSA) is 59.1 Å². The summed E-state index contributed by atoms with van der Waals surface area (Å²) < 4.78 is 11.2. The standard InChI is InChI=1S/C21H22N2O4S/c1-13-16-5-9-28-19(16)4-6-22(13)21(25)14-10-20(24)23(12-14)15-2-3-17-18(11-15)27-8-7-26-17/h2-3,5,9,11,13-14H,4,6-8,10,12H2,1H3/t13-,14-/m1/s1. The Bertz CT molecular complexity index is 940. The number of nitrogens with zero attached hydrogens (tertiary/aromatic N) is 2. The number of rotatable bonds is 2. The van der Waals surface area contributed by atoms with Crippen molar-refractivity contribution >= 4 is 28.8 Å². The van der Waals surface area contributed by atoms with Gasteiger partial charge in [0.1, 0.15) is 13.2 Å². The van der Waals surface area contributed by atoms with Crippen molar-refractivity contribution in [2.75, 3.05) is 31.2 Å². The Kier molecular flexibility index (Phi) is 4.27. The van der Waals surface area contributed by atoms with E-state index in [1.807, 2.05) is 23.1 Å². The zero-order valence-electron chi connectivity index (χ0n) is 15.7. The van der Waals surface area contributed by atoms with Gasteiger partial charge in [-0.25, -0.2) is 0 Å². The molecule has 0 aliphatic carbocycles. The quantitative estimate of drug-likeness (QED) is 0.780. The first-order chi connectivity index (χ1) is 13.6. The molecule has 3 aliphatic heterocycles. The summed E-state index contributed by atoms with van der Waals surface area (Å²) in [4.78, 5) is 30.9. The van der Waals surface area contributed by atoms with Crippen LogP contribution in [0.5, 0.6) is 11.5 Å². The third kappa shape index (κ3) is 2.85. The van der Waals surface area contributed by atoms with Gasteiger partial charge in [0.25, 0.3) is 0 Å². The fourth-order valence-corrected chi connectivity index (χ4v) is 5.33. The second kappa shape index (κ2) is 6.81. The first-order valence-corrected chi connectivity index (χ1v) is 10.6. The van der Waals surface area contributed by atoms with Gasteiger partial charge in [-0.3, -0.25) is 9.59 Å². The average Bonchev–Trinajstić information content (AvgIpc) is 3.34. The Morgan fingerprint density at radius 2 is 2.00 bits per heavy atom. The van der Waals surface area contributed by atoms with Gasteiger partial charge < -0.3 is 19.3 Å². The summed E-state index contributed by atoms with van der Waals surface area (Å²) in [5, 5.41) is 2.10. The first kappa shape index (κ1) is 17.6. The lowest BCUT2D eigenvalue weighted by Gasteiger charge is -2.35. The highest BCUT2D eigenvalue weighted by molar-refractivity contribution is 7.10. The predicted octanol–water partition coefficient (Wildman–Crippen LogP) is 3.02. The number of ether oxygens (including phenoxy) is 2. The monoisotopic (exact) mass is 398 g/mol. The number of amides is 2. The zero-order chi connectivity index (χ0) is 19.3. The molecular weight excluding hydrogens is 376 g/mol. The van der Waals surface area contributed by atoms with E-state index in [-0.39, 0.29) is 30.2 Å². The van der Waals surface area contributed by atoms with Crippen molar-refractivity contribution in [3.05, 3.63) is 40.1 Å². The van der Waals surface area contributed by atoms with Crippen LogP contribution in [-0.4, -0.2) is 43.0 Å². The number of fused-ring (bicyclic) bond motifs is 2. The number of thiophene rings is 1. The van der Waals surface area contributed by atoms with Gasteiger partial charge in [0.05, 0.1) is 12.0 Å². The highest BCUT2D eigenvalue weighted by Gasteiger charge is 2.40. The van der Waals surface area contributed by atoms with E-state index in [0.717, 1.165) is 18.7 Å².